The molecule has 5 rings (SSSR count). The maximum atomic E-state index is 11.8. The van der Waals surface area contributed by atoms with Gasteiger partial charge < -0.3 is 0 Å². The molecule has 0 aliphatic rings. The molecular weight excluding hydrogens is 408 g/mol. The highest BCUT2D eigenvalue weighted by Gasteiger charge is 2.17. The number of hydrogen-bond donors (Lipinski definition) is 0. The van der Waals surface area contributed by atoms with E-state index in [-0.39, 0.29) is 0 Å². The first-order valence-corrected chi connectivity index (χ1v) is 10.1. The van der Waals surface area contributed by atoms with Crippen molar-refractivity contribution in [2.75, 3.05) is 0 Å². The average molecular weight is 425 g/mol. The van der Waals surface area contributed by atoms with Gasteiger partial charge in [-0.3, -0.25) is 4.79 Å². The molecule has 5 nitrogen and oxygen atoms in total. The van der Waals surface area contributed by atoms with Crippen molar-refractivity contribution in [3.63, 3.8) is 0 Å². The first kappa shape index (κ1) is 19.2. The SMILES string of the molecule is Cc1ccc(-c2nn(-c3nc4ncccc4cc3-c3cccc(Cl)c3)cc2C=O)cc1. The summed E-state index contributed by atoms with van der Waals surface area (Å²) in [4.78, 5) is 21.0. The number of pyridine rings is 2. The molecule has 3 aromatic heterocycles. The first-order valence-electron chi connectivity index (χ1n) is 9.76. The molecule has 0 bridgehead atoms. The Morgan fingerprint density at radius 2 is 1.81 bits per heavy atom. The van der Waals surface area contributed by atoms with Gasteiger partial charge in [0.05, 0.1) is 5.56 Å². The van der Waals surface area contributed by atoms with Crippen molar-refractivity contribution in [3.05, 3.63) is 95.3 Å². The van der Waals surface area contributed by atoms with Crippen LogP contribution in [0.15, 0.2) is 79.1 Å². The summed E-state index contributed by atoms with van der Waals surface area (Å²) in [6.45, 7) is 2.02. The fraction of sp³-hybridized carbons (Fsp3) is 0.0400. The molecule has 31 heavy (non-hydrogen) atoms. The van der Waals surface area contributed by atoms with Crippen LogP contribution in [0.3, 0.4) is 0 Å². The standard InChI is InChI=1S/C25H17ClN4O/c1-16-7-9-17(10-8-16)23-20(15-31)14-30(29-23)25-22(18-4-2-6-21(26)12-18)13-19-5-3-11-27-24(19)28-25/h2-15H,1H3. The molecule has 0 radical (unpaired) electrons. The number of fused-ring (bicyclic) bond motifs is 1. The molecule has 2 aromatic carbocycles. The summed E-state index contributed by atoms with van der Waals surface area (Å²) < 4.78 is 1.64. The van der Waals surface area contributed by atoms with Crippen LogP contribution in [0, 0.1) is 6.92 Å². The van der Waals surface area contributed by atoms with Gasteiger partial charge >= 0.3 is 0 Å². The monoisotopic (exact) mass is 424 g/mol. The van der Waals surface area contributed by atoms with E-state index >= 15 is 0 Å². The number of aryl methyl sites for hydroxylation is 1. The number of carbonyl (C=O) groups is 1. The van der Waals surface area contributed by atoms with Crippen LogP contribution in [-0.4, -0.2) is 26.0 Å². The van der Waals surface area contributed by atoms with E-state index in [2.05, 4.69) is 4.98 Å². The molecular formula is C25H17ClN4O. The Morgan fingerprint density at radius 3 is 2.58 bits per heavy atom. The van der Waals surface area contributed by atoms with E-state index in [1.54, 1.807) is 17.1 Å². The van der Waals surface area contributed by atoms with E-state index in [1.807, 2.05) is 73.7 Å². The zero-order valence-electron chi connectivity index (χ0n) is 16.7. The van der Waals surface area contributed by atoms with E-state index in [0.29, 0.717) is 27.7 Å². The van der Waals surface area contributed by atoms with Gasteiger partial charge in [0.1, 0.15) is 5.69 Å². The molecule has 0 saturated heterocycles. The number of benzene rings is 2. The van der Waals surface area contributed by atoms with Gasteiger partial charge in [-0.2, -0.15) is 5.10 Å². The molecule has 0 atom stereocenters. The molecule has 0 saturated carbocycles. The summed E-state index contributed by atoms with van der Waals surface area (Å²) in [6.07, 6.45) is 4.22. The largest absolute Gasteiger partial charge is 0.298 e. The van der Waals surface area contributed by atoms with Crippen molar-refractivity contribution in [3.8, 4) is 28.2 Å². The molecule has 0 spiro atoms. The van der Waals surface area contributed by atoms with Crippen LogP contribution in [0.5, 0.6) is 0 Å². The predicted molar refractivity (Wildman–Crippen MR) is 123 cm³/mol. The van der Waals surface area contributed by atoms with E-state index < -0.39 is 0 Å². The fourth-order valence-corrected chi connectivity index (χ4v) is 3.75. The van der Waals surface area contributed by atoms with E-state index in [9.17, 15) is 4.79 Å². The molecule has 0 unspecified atom stereocenters. The first-order chi connectivity index (χ1) is 15.1. The van der Waals surface area contributed by atoms with Crippen LogP contribution in [0.1, 0.15) is 15.9 Å². The summed E-state index contributed by atoms with van der Waals surface area (Å²) in [5, 5.41) is 6.26. The third-order valence-corrected chi connectivity index (χ3v) is 5.35. The second-order valence-electron chi connectivity index (χ2n) is 7.28. The molecule has 0 aliphatic carbocycles. The highest BCUT2D eigenvalue weighted by atomic mass is 35.5. The summed E-state index contributed by atoms with van der Waals surface area (Å²) in [6, 6.07) is 21.4. The van der Waals surface area contributed by atoms with Crippen LogP contribution in [-0.2, 0) is 0 Å². The third kappa shape index (κ3) is 3.60. The molecule has 0 amide bonds. The van der Waals surface area contributed by atoms with Gasteiger partial charge in [0.25, 0.3) is 0 Å². The minimum Gasteiger partial charge on any atom is -0.298 e. The summed E-state index contributed by atoms with van der Waals surface area (Å²) in [5.41, 5.74) is 5.46. The molecule has 0 N–H and O–H groups in total. The van der Waals surface area contributed by atoms with Crippen LogP contribution in [0.2, 0.25) is 5.02 Å². The lowest BCUT2D eigenvalue weighted by Crippen LogP contribution is -2.03. The number of aldehydes is 1. The van der Waals surface area contributed by atoms with Crippen LogP contribution >= 0.6 is 11.6 Å². The second kappa shape index (κ2) is 7.78. The topological polar surface area (TPSA) is 60.7 Å². The number of aromatic nitrogens is 4. The Balaban J connectivity index is 1.75. The Bertz CT molecular complexity index is 1420. The number of halogens is 1. The molecule has 0 aliphatic heterocycles. The number of hydrogen-bond acceptors (Lipinski definition) is 4. The van der Waals surface area contributed by atoms with Gasteiger partial charge in [0.15, 0.2) is 17.8 Å². The minimum atomic E-state index is 0.490. The number of rotatable bonds is 4. The molecule has 150 valence electrons. The fourth-order valence-electron chi connectivity index (χ4n) is 3.56. The van der Waals surface area contributed by atoms with Crippen molar-refractivity contribution >= 4 is 28.9 Å². The molecule has 0 fully saturated rings. The summed E-state index contributed by atoms with van der Waals surface area (Å²) in [5.74, 6) is 0.579. The quantitative estimate of drug-likeness (QED) is 0.336. The number of nitrogens with zero attached hydrogens (tertiary/aromatic N) is 4. The third-order valence-electron chi connectivity index (χ3n) is 5.12. The maximum absolute atomic E-state index is 11.8. The van der Waals surface area contributed by atoms with Crippen LogP contribution < -0.4 is 0 Å². The minimum absolute atomic E-state index is 0.490. The smallest absolute Gasteiger partial charge is 0.163 e. The Morgan fingerprint density at radius 1 is 0.968 bits per heavy atom. The Hall–Kier alpha value is -3.83. The highest BCUT2D eigenvalue weighted by Crippen LogP contribution is 2.31. The Kier molecular flexibility index (Phi) is 4.81. The summed E-state index contributed by atoms with van der Waals surface area (Å²) in [7, 11) is 0. The van der Waals surface area contributed by atoms with Gasteiger partial charge in [0, 0.05) is 33.9 Å². The van der Waals surface area contributed by atoms with Crippen molar-refractivity contribution < 1.29 is 4.79 Å². The van der Waals surface area contributed by atoms with Gasteiger partial charge in [-0.05, 0) is 42.8 Å². The zero-order valence-corrected chi connectivity index (χ0v) is 17.4. The van der Waals surface area contributed by atoms with E-state index in [0.717, 1.165) is 33.9 Å². The zero-order chi connectivity index (χ0) is 21.4. The van der Waals surface area contributed by atoms with Crippen molar-refractivity contribution in [1.82, 2.24) is 19.7 Å². The van der Waals surface area contributed by atoms with Crippen molar-refractivity contribution in [2.24, 2.45) is 0 Å². The lowest BCUT2D eigenvalue weighted by Gasteiger charge is -2.11. The average Bonchev–Trinajstić information content (AvgIpc) is 3.23. The molecule has 3 heterocycles. The molecule has 5 aromatic rings. The summed E-state index contributed by atoms with van der Waals surface area (Å²) >= 11 is 6.25. The van der Waals surface area contributed by atoms with Crippen molar-refractivity contribution in [2.45, 2.75) is 6.92 Å². The van der Waals surface area contributed by atoms with Crippen LogP contribution in [0.25, 0.3) is 39.2 Å². The van der Waals surface area contributed by atoms with Crippen LogP contribution in [0.4, 0.5) is 0 Å². The lowest BCUT2D eigenvalue weighted by molar-refractivity contribution is 0.112. The molecule has 6 heteroatoms. The maximum Gasteiger partial charge on any atom is 0.163 e. The van der Waals surface area contributed by atoms with Crippen molar-refractivity contribution in [1.29, 1.82) is 0 Å². The van der Waals surface area contributed by atoms with Gasteiger partial charge in [0.2, 0.25) is 0 Å². The highest BCUT2D eigenvalue weighted by molar-refractivity contribution is 6.30. The van der Waals surface area contributed by atoms with Gasteiger partial charge in [-0.1, -0.05) is 53.6 Å². The predicted octanol–water partition coefficient (Wildman–Crippen LogP) is 5.92. The van der Waals surface area contributed by atoms with E-state index in [1.165, 1.54) is 0 Å². The van der Waals surface area contributed by atoms with Gasteiger partial charge in [-0.15, -0.1) is 0 Å². The lowest BCUT2D eigenvalue weighted by atomic mass is 10.1. The second-order valence-corrected chi connectivity index (χ2v) is 7.72. The Labute approximate surface area is 184 Å². The normalized spacial score (nSPS) is 11.0. The van der Waals surface area contributed by atoms with Gasteiger partial charge in [-0.25, -0.2) is 14.6 Å². The van der Waals surface area contributed by atoms with E-state index in [4.69, 9.17) is 21.7 Å². The number of carbonyl (C=O) groups excluding carboxylic acids is 1.